The Morgan fingerprint density at radius 3 is 2.50 bits per heavy atom. The first-order chi connectivity index (χ1) is 20.3. The van der Waals surface area contributed by atoms with E-state index in [1.165, 1.54) is 11.8 Å². The highest BCUT2D eigenvalue weighted by Gasteiger charge is 2.42. The van der Waals surface area contributed by atoms with Crippen LogP contribution in [0.3, 0.4) is 0 Å². The fourth-order valence-corrected chi connectivity index (χ4v) is 6.06. The number of imide groups is 1. The molecule has 8 nitrogen and oxygen atoms in total. The van der Waals surface area contributed by atoms with Gasteiger partial charge in [-0.25, -0.2) is 0 Å². The maximum absolute atomic E-state index is 13.8. The lowest BCUT2D eigenvalue weighted by Gasteiger charge is -2.21. The summed E-state index contributed by atoms with van der Waals surface area (Å²) in [6.07, 6.45) is 2.88. The van der Waals surface area contributed by atoms with Gasteiger partial charge in [-0.3, -0.25) is 14.5 Å². The number of methoxy groups -OCH3 is 2. The molecule has 0 spiro atoms. The number of carbonyl (C=O) groups is 2. The Morgan fingerprint density at radius 1 is 1.02 bits per heavy atom. The quantitative estimate of drug-likeness (QED) is 0.280. The molecule has 1 aromatic heterocycles. The van der Waals surface area contributed by atoms with Crippen LogP contribution in [0.2, 0.25) is 0 Å². The van der Waals surface area contributed by atoms with E-state index in [1.54, 1.807) is 14.2 Å². The van der Waals surface area contributed by atoms with Gasteiger partial charge in [-0.05, 0) is 66.9 Å². The second-order valence-corrected chi connectivity index (χ2v) is 11.0. The van der Waals surface area contributed by atoms with Crippen molar-refractivity contribution < 1.29 is 23.8 Å². The van der Waals surface area contributed by atoms with E-state index in [9.17, 15) is 9.59 Å². The molecule has 1 N–H and O–H groups in total. The van der Waals surface area contributed by atoms with E-state index in [0.717, 1.165) is 51.1 Å². The van der Waals surface area contributed by atoms with Crippen LogP contribution in [0.5, 0.6) is 17.2 Å². The monoisotopic (exact) mass is 565 g/mol. The van der Waals surface area contributed by atoms with Gasteiger partial charge in [-0.15, -0.1) is 0 Å². The summed E-state index contributed by atoms with van der Waals surface area (Å²) in [7, 11) is 3.27. The number of hydrogen-bond donors (Lipinski definition) is 1. The fourth-order valence-electron chi connectivity index (χ4n) is 6.06. The number of carbonyl (C=O) groups excluding carboxylic acids is 2. The number of rotatable bonds is 8. The van der Waals surface area contributed by atoms with E-state index >= 15 is 0 Å². The molecular formula is C34H35N3O5. The molecule has 0 saturated carbocycles. The molecule has 0 bridgehead atoms. The lowest BCUT2D eigenvalue weighted by Crippen LogP contribution is -2.33. The molecule has 8 heteroatoms. The Kier molecular flexibility index (Phi) is 7.14. The van der Waals surface area contributed by atoms with Gasteiger partial charge in [0.15, 0.2) is 11.5 Å². The van der Waals surface area contributed by atoms with E-state index in [1.807, 2.05) is 54.6 Å². The van der Waals surface area contributed by atoms with Crippen LogP contribution in [0.15, 0.2) is 78.1 Å². The van der Waals surface area contributed by atoms with Crippen LogP contribution in [0.4, 0.5) is 5.69 Å². The van der Waals surface area contributed by atoms with Gasteiger partial charge in [0, 0.05) is 48.3 Å². The predicted molar refractivity (Wildman–Crippen MR) is 162 cm³/mol. The van der Waals surface area contributed by atoms with Crippen molar-refractivity contribution in [1.82, 2.24) is 9.47 Å². The number of aromatic nitrogens is 1. The second-order valence-electron chi connectivity index (χ2n) is 11.0. The van der Waals surface area contributed by atoms with Crippen molar-refractivity contribution >= 4 is 28.4 Å². The fraction of sp³-hybridized carbons (Fsp3) is 0.294. The Morgan fingerprint density at radius 2 is 1.81 bits per heavy atom. The third-order valence-electron chi connectivity index (χ3n) is 8.15. The van der Waals surface area contributed by atoms with Gasteiger partial charge >= 0.3 is 0 Å². The molecule has 3 aromatic carbocycles. The number of hydrogen-bond acceptors (Lipinski definition) is 6. The molecule has 0 saturated heterocycles. The summed E-state index contributed by atoms with van der Waals surface area (Å²) in [6.45, 7) is 6.42. The molecular weight excluding hydrogens is 530 g/mol. The number of amides is 2. The molecule has 1 atom stereocenters. The summed E-state index contributed by atoms with van der Waals surface area (Å²) in [4.78, 5) is 27.6. The summed E-state index contributed by atoms with van der Waals surface area (Å²) < 4.78 is 19.4. The molecule has 0 unspecified atom stereocenters. The number of anilines is 1. The van der Waals surface area contributed by atoms with E-state index in [2.05, 4.69) is 36.0 Å². The number of nitrogens with one attached hydrogen (secondary N) is 1. The molecule has 216 valence electrons. The van der Waals surface area contributed by atoms with Gasteiger partial charge in [0.05, 0.1) is 38.5 Å². The lowest BCUT2D eigenvalue weighted by atomic mass is 9.84. The number of benzene rings is 3. The first-order valence-electron chi connectivity index (χ1n) is 14.2. The number of ether oxygens (including phenoxy) is 3. The molecule has 4 aromatic rings. The predicted octanol–water partition coefficient (Wildman–Crippen LogP) is 6.06. The summed E-state index contributed by atoms with van der Waals surface area (Å²) >= 11 is 0. The first-order valence-corrected chi connectivity index (χ1v) is 14.2. The molecule has 0 radical (unpaired) electrons. The van der Waals surface area contributed by atoms with Gasteiger partial charge in [-0.1, -0.05) is 24.3 Å². The Hall–Kier alpha value is -4.72. The minimum absolute atomic E-state index is 0.217. The topological polar surface area (TPSA) is 82.0 Å². The van der Waals surface area contributed by atoms with Crippen LogP contribution in [0, 0.1) is 0 Å². The summed E-state index contributed by atoms with van der Waals surface area (Å²) in [5, 5.41) is 4.61. The third kappa shape index (κ3) is 4.66. The summed E-state index contributed by atoms with van der Waals surface area (Å²) in [6, 6.07) is 20.2. The van der Waals surface area contributed by atoms with Crippen LogP contribution < -0.4 is 19.5 Å². The van der Waals surface area contributed by atoms with E-state index in [0.29, 0.717) is 23.7 Å². The molecule has 0 fully saturated rings. The average molecular weight is 566 g/mol. The van der Waals surface area contributed by atoms with Crippen LogP contribution in [-0.4, -0.2) is 48.7 Å². The van der Waals surface area contributed by atoms with Gasteiger partial charge in [0.1, 0.15) is 5.75 Å². The van der Waals surface area contributed by atoms with Crippen molar-refractivity contribution in [2.45, 2.75) is 39.2 Å². The molecule has 6 rings (SSSR count). The highest BCUT2D eigenvalue weighted by atomic mass is 16.5. The van der Waals surface area contributed by atoms with Gasteiger partial charge in [-0.2, -0.15) is 0 Å². The van der Waals surface area contributed by atoms with Gasteiger partial charge in [0.2, 0.25) is 5.91 Å². The second kappa shape index (κ2) is 10.9. The Balaban J connectivity index is 1.40. The Labute approximate surface area is 245 Å². The van der Waals surface area contributed by atoms with Gasteiger partial charge < -0.3 is 24.1 Å². The van der Waals surface area contributed by atoms with Crippen LogP contribution in [0.1, 0.15) is 49.4 Å². The molecule has 2 aliphatic heterocycles. The lowest BCUT2D eigenvalue weighted by molar-refractivity contribution is -0.139. The highest BCUT2D eigenvalue weighted by Crippen LogP contribution is 2.48. The maximum Gasteiger partial charge on any atom is 0.259 e. The first kappa shape index (κ1) is 27.4. The van der Waals surface area contributed by atoms with Crippen LogP contribution >= 0.6 is 0 Å². The third-order valence-corrected chi connectivity index (χ3v) is 8.15. The molecule has 3 heterocycles. The van der Waals surface area contributed by atoms with Crippen molar-refractivity contribution in [2.24, 2.45) is 0 Å². The zero-order chi connectivity index (χ0) is 29.5. The molecule has 2 amide bonds. The summed E-state index contributed by atoms with van der Waals surface area (Å²) in [5.41, 5.74) is 6.41. The molecule has 0 aliphatic carbocycles. The van der Waals surface area contributed by atoms with Crippen molar-refractivity contribution in [2.75, 3.05) is 32.7 Å². The number of nitrogens with zero attached hydrogens (tertiary/aromatic N) is 2. The average Bonchev–Trinajstić information content (AvgIpc) is 3.49. The van der Waals surface area contributed by atoms with Crippen molar-refractivity contribution in [3.05, 3.63) is 94.8 Å². The standard InChI is InChI=1S/C34H35N3O5/c1-20(2)36-18-25-31(33-27(19-37(21(3)38)34(33)39)35-26-7-6-8-28(36)32(25)26)23-11-14-29(30(17-23)41-5)42-16-15-22-9-12-24(40-4)13-10-22/h6-14,17-18,20,31,35H,15-16,19H2,1-5H3/t31-/m0/s1. The molecule has 42 heavy (non-hydrogen) atoms. The van der Waals surface area contributed by atoms with Crippen molar-refractivity contribution in [1.29, 1.82) is 0 Å². The Bertz CT molecular complexity index is 1720. The zero-order valence-electron chi connectivity index (χ0n) is 24.6. The smallest absolute Gasteiger partial charge is 0.259 e. The van der Waals surface area contributed by atoms with Gasteiger partial charge in [0.25, 0.3) is 5.91 Å². The summed E-state index contributed by atoms with van der Waals surface area (Å²) in [5.74, 6) is 1.09. The minimum Gasteiger partial charge on any atom is -0.497 e. The maximum atomic E-state index is 13.8. The van der Waals surface area contributed by atoms with Crippen molar-refractivity contribution in [3.63, 3.8) is 0 Å². The van der Waals surface area contributed by atoms with Crippen LogP contribution in [0.25, 0.3) is 10.9 Å². The minimum atomic E-state index is -0.405. The normalized spacial score (nSPS) is 16.0. The highest BCUT2D eigenvalue weighted by molar-refractivity contribution is 6.11. The van der Waals surface area contributed by atoms with E-state index in [4.69, 9.17) is 14.2 Å². The van der Waals surface area contributed by atoms with E-state index in [-0.39, 0.29) is 24.4 Å². The SMILES string of the molecule is COc1ccc(CCOc2ccc([C@@H]3C4=C(CN(C(C)=O)C4=O)Nc4cccc5c4c3cn5C(C)C)cc2OC)cc1. The molecule has 2 aliphatic rings. The zero-order valence-corrected chi connectivity index (χ0v) is 24.6. The van der Waals surface area contributed by atoms with E-state index < -0.39 is 5.92 Å². The largest absolute Gasteiger partial charge is 0.497 e. The van der Waals surface area contributed by atoms with Crippen LogP contribution in [-0.2, 0) is 16.0 Å². The van der Waals surface area contributed by atoms with Crippen molar-refractivity contribution in [3.8, 4) is 17.2 Å².